The van der Waals surface area contributed by atoms with Crippen molar-refractivity contribution in [2.24, 2.45) is 5.92 Å². The quantitative estimate of drug-likeness (QED) is 0.861. The highest BCUT2D eigenvalue weighted by atomic mass is 16.5. The molecule has 1 aromatic rings. The monoisotopic (exact) mass is 233 g/mol. The summed E-state index contributed by atoms with van der Waals surface area (Å²) in [6.07, 6.45) is 3.56. The molecule has 1 N–H and O–H groups in total. The van der Waals surface area contributed by atoms with Crippen molar-refractivity contribution in [3.05, 3.63) is 29.3 Å². The van der Waals surface area contributed by atoms with Gasteiger partial charge in [0.2, 0.25) is 0 Å². The molecule has 1 aliphatic rings. The number of nitrogens with one attached hydrogen (secondary N) is 1. The Morgan fingerprint density at radius 3 is 2.94 bits per heavy atom. The van der Waals surface area contributed by atoms with E-state index in [0.29, 0.717) is 6.04 Å². The Labute approximate surface area is 104 Å². The molecule has 0 saturated heterocycles. The van der Waals surface area contributed by atoms with Crippen LogP contribution in [-0.4, -0.2) is 13.7 Å². The summed E-state index contributed by atoms with van der Waals surface area (Å²) in [4.78, 5) is 0. The zero-order chi connectivity index (χ0) is 12.3. The lowest BCUT2D eigenvalue weighted by molar-refractivity contribution is 0.359. The minimum Gasteiger partial charge on any atom is -0.496 e. The van der Waals surface area contributed by atoms with Crippen LogP contribution in [-0.2, 0) is 6.42 Å². The van der Waals surface area contributed by atoms with Gasteiger partial charge in [-0.25, -0.2) is 0 Å². The number of ether oxygens (including phenoxy) is 1. The van der Waals surface area contributed by atoms with Crippen LogP contribution in [0.25, 0.3) is 0 Å². The predicted octanol–water partition coefficient (Wildman–Crippen LogP) is 3.32. The van der Waals surface area contributed by atoms with Gasteiger partial charge in [0.05, 0.1) is 7.11 Å². The molecule has 2 heteroatoms. The molecule has 0 heterocycles. The van der Waals surface area contributed by atoms with Crippen LogP contribution >= 0.6 is 0 Å². The number of hydrogen-bond donors (Lipinski definition) is 1. The predicted molar refractivity (Wildman–Crippen MR) is 71.5 cm³/mol. The molecule has 0 aromatic heterocycles. The molecule has 0 bridgehead atoms. The molecular formula is C15H23NO. The van der Waals surface area contributed by atoms with Crippen molar-refractivity contribution in [3.8, 4) is 5.75 Å². The Balaban J connectivity index is 2.29. The molecule has 0 fully saturated rings. The lowest BCUT2D eigenvalue weighted by Gasteiger charge is -2.31. The van der Waals surface area contributed by atoms with Gasteiger partial charge in [-0.05, 0) is 48.9 Å². The van der Waals surface area contributed by atoms with Gasteiger partial charge in [-0.3, -0.25) is 0 Å². The maximum Gasteiger partial charge on any atom is 0.122 e. The molecule has 0 saturated carbocycles. The average Bonchev–Trinajstić information content (AvgIpc) is 2.35. The van der Waals surface area contributed by atoms with E-state index >= 15 is 0 Å². The Bertz CT molecular complexity index is 375. The Kier molecular flexibility index (Phi) is 4.06. The number of fused-ring (bicyclic) bond motifs is 1. The maximum atomic E-state index is 5.49. The van der Waals surface area contributed by atoms with Gasteiger partial charge in [-0.15, -0.1) is 0 Å². The second-order valence-electron chi connectivity index (χ2n) is 5.08. The van der Waals surface area contributed by atoms with E-state index in [0.717, 1.165) is 24.6 Å². The fourth-order valence-electron chi connectivity index (χ4n) is 2.79. The van der Waals surface area contributed by atoms with Crippen LogP contribution in [0.1, 0.15) is 43.9 Å². The third kappa shape index (κ3) is 2.63. The van der Waals surface area contributed by atoms with Crippen molar-refractivity contribution in [1.29, 1.82) is 0 Å². The van der Waals surface area contributed by atoms with Gasteiger partial charge in [0.25, 0.3) is 0 Å². The highest BCUT2D eigenvalue weighted by Gasteiger charge is 2.26. The minimum atomic E-state index is 0.504. The second-order valence-corrected chi connectivity index (χ2v) is 5.08. The lowest BCUT2D eigenvalue weighted by atomic mass is 9.81. The van der Waals surface area contributed by atoms with E-state index in [1.54, 1.807) is 7.11 Å². The smallest absolute Gasteiger partial charge is 0.122 e. The van der Waals surface area contributed by atoms with Crippen molar-refractivity contribution >= 4 is 0 Å². The Hall–Kier alpha value is -1.02. The van der Waals surface area contributed by atoms with Crippen molar-refractivity contribution < 1.29 is 4.74 Å². The van der Waals surface area contributed by atoms with E-state index in [9.17, 15) is 0 Å². The van der Waals surface area contributed by atoms with Crippen LogP contribution in [0.5, 0.6) is 5.75 Å². The van der Waals surface area contributed by atoms with Crippen LogP contribution in [0, 0.1) is 5.92 Å². The van der Waals surface area contributed by atoms with Crippen LogP contribution in [0.4, 0.5) is 0 Å². The topological polar surface area (TPSA) is 21.3 Å². The first-order valence-electron chi connectivity index (χ1n) is 6.65. The number of benzene rings is 1. The van der Waals surface area contributed by atoms with Gasteiger partial charge >= 0.3 is 0 Å². The number of methoxy groups -OCH3 is 1. The molecule has 17 heavy (non-hydrogen) atoms. The average molecular weight is 233 g/mol. The molecule has 1 aromatic carbocycles. The van der Waals surface area contributed by atoms with E-state index in [4.69, 9.17) is 4.74 Å². The summed E-state index contributed by atoms with van der Waals surface area (Å²) in [6.45, 7) is 5.63. The zero-order valence-electron chi connectivity index (χ0n) is 11.1. The van der Waals surface area contributed by atoms with Gasteiger partial charge in [0.15, 0.2) is 0 Å². The fourth-order valence-corrected chi connectivity index (χ4v) is 2.79. The van der Waals surface area contributed by atoms with Gasteiger partial charge in [0, 0.05) is 6.04 Å². The van der Waals surface area contributed by atoms with E-state index in [1.165, 1.54) is 24.0 Å². The van der Waals surface area contributed by atoms with E-state index < -0.39 is 0 Å². The summed E-state index contributed by atoms with van der Waals surface area (Å²) < 4.78 is 5.49. The largest absolute Gasteiger partial charge is 0.496 e. The summed E-state index contributed by atoms with van der Waals surface area (Å²) in [7, 11) is 1.77. The normalized spacial score (nSPS) is 23.2. The summed E-state index contributed by atoms with van der Waals surface area (Å²) in [5.74, 6) is 1.78. The van der Waals surface area contributed by atoms with Crippen molar-refractivity contribution in [1.82, 2.24) is 5.32 Å². The molecule has 2 rings (SSSR count). The molecule has 0 radical (unpaired) electrons. The zero-order valence-corrected chi connectivity index (χ0v) is 11.1. The van der Waals surface area contributed by atoms with Crippen LogP contribution < -0.4 is 10.1 Å². The molecule has 2 unspecified atom stereocenters. The SMILES string of the molecule is CCCNC1CC(C)Cc2c(OC)cccc21. The molecule has 0 spiro atoms. The third-order valence-corrected chi connectivity index (χ3v) is 3.60. The maximum absolute atomic E-state index is 5.49. The molecule has 0 aliphatic heterocycles. The summed E-state index contributed by atoms with van der Waals surface area (Å²) >= 11 is 0. The van der Waals surface area contributed by atoms with Crippen molar-refractivity contribution in [2.45, 2.75) is 39.2 Å². The number of hydrogen-bond acceptors (Lipinski definition) is 2. The molecule has 0 amide bonds. The molecular weight excluding hydrogens is 210 g/mol. The molecule has 94 valence electrons. The highest BCUT2D eigenvalue weighted by Crippen LogP contribution is 2.37. The third-order valence-electron chi connectivity index (χ3n) is 3.60. The molecule has 2 nitrogen and oxygen atoms in total. The second kappa shape index (κ2) is 5.54. The standard InChI is InChI=1S/C15H23NO/c1-4-8-16-14-10-11(2)9-13-12(14)6-5-7-15(13)17-3/h5-7,11,14,16H,4,8-10H2,1-3H3. The van der Waals surface area contributed by atoms with E-state index in [2.05, 4.69) is 37.4 Å². The van der Waals surface area contributed by atoms with Crippen molar-refractivity contribution in [2.75, 3.05) is 13.7 Å². The van der Waals surface area contributed by atoms with Crippen LogP contribution in [0.2, 0.25) is 0 Å². The number of rotatable bonds is 4. The first kappa shape index (κ1) is 12.4. The van der Waals surface area contributed by atoms with Gasteiger partial charge < -0.3 is 10.1 Å². The minimum absolute atomic E-state index is 0.504. The molecule has 2 atom stereocenters. The summed E-state index contributed by atoms with van der Waals surface area (Å²) in [5, 5.41) is 3.65. The van der Waals surface area contributed by atoms with Crippen LogP contribution in [0.15, 0.2) is 18.2 Å². The highest BCUT2D eigenvalue weighted by molar-refractivity contribution is 5.43. The van der Waals surface area contributed by atoms with Gasteiger partial charge in [-0.2, -0.15) is 0 Å². The fraction of sp³-hybridized carbons (Fsp3) is 0.600. The van der Waals surface area contributed by atoms with E-state index in [-0.39, 0.29) is 0 Å². The van der Waals surface area contributed by atoms with E-state index in [1.807, 2.05) is 0 Å². The Morgan fingerprint density at radius 1 is 1.41 bits per heavy atom. The van der Waals surface area contributed by atoms with Gasteiger partial charge in [0.1, 0.15) is 5.75 Å². The summed E-state index contributed by atoms with van der Waals surface area (Å²) in [5.41, 5.74) is 2.85. The first-order valence-corrected chi connectivity index (χ1v) is 6.65. The van der Waals surface area contributed by atoms with Gasteiger partial charge in [-0.1, -0.05) is 26.0 Å². The Morgan fingerprint density at radius 2 is 2.24 bits per heavy atom. The summed E-state index contributed by atoms with van der Waals surface area (Å²) in [6, 6.07) is 6.93. The first-order chi connectivity index (χ1) is 8.26. The molecule has 1 aliphatic carbocycles. The lowest BCUT2D eigenvalue weighted by Crippen LogP contribution is -2.29. The van der Waals surface area contributed by atoms with Crippen molar-refractivity contribution in [3.63, 3.8) is 0 Å². The van der Waals surface area contributed by atoms with Crippen LogP contribution in [0.3, 0.4) is 0 Å².